The van der Waals surface area contributed by atoms with Crippen molar-refractivity contribution in [2.75, 3.05) is 6.17 Å². The number of nitrogens with zero attached hydrogens (tertiary/aromatic N) is 1. The molecule has 0 spiro atoms. The molecule has 14 heavy (non-hydrogen) atoms. The Kier molecular flexibility index (Phi) is 3.01. The number of halogens is 1. The van der Waals surface area contributed by atoms with Crippen molar-refractivity contribution in [2.24, 2.45) is 0 Å². The molecule has 0 aliphatic carbocycles. The van der Waals surface area contributed by atoms with Crippen LogP contribution in [0.15, 0.2) is 0 Å². The topological polar surface area (TPSA) is 29.5 Å². The van der Waals surface area contributed by atoms with Gasteiger partial charge in [-0.2, -0.15) is 11.1 Å². The Bertz CT molecular complexity index is 250. The van der Waals surface area contributed by atoms with Crippen LogP contribution in [0.1, 0.15) is 20.8 Å². The molecule has 0 aromatic carbocycles. The second-order valence-electron chi connectivity index (χ2n) is 4.85. The fourth-order valence-corrected chi connectivity index (χ4v) is 3.32. The van der Waals surface area contributed by atoms with Crippen LogP contribution >= 0.6 is 11.1 Å². The minimum absolute atomic E-state index is 0.0521. The lowest BCUT2D eigenvalue weighted by Crippen LogP contribution is -2.49. The van der Waals surface area contributed by atoms with Crippen LogP contribution in [0.4, 0.5) is 0 Å². The molecular weight excluding hydrogens is 218 g/mol. The van der Waals surface area contributed by atoms with Crippen molar-refractivity contribution in [3.63, 3.8) is 0 Å². The summed E-state index contributed by atoms with van der Waals surface area (Å²) in [6.45, 7) is 9.66. The molecule has 0 aromatic rings. The van der Waals surface area contributed by atoms with Gasteiger partial charge in [0.05, 0.1) is 0 Å². The third kappa shape index (κ3) is 2.49. The van der Waals surface area contributed by atoms with E-state index in [4.69, 9.17) is 15.8 Å². The van der Waals surface area contributed by atoms with Crippen molar-refractivity contribution in [3.05, 3.63) is 0 Å². The smallest absolute Gasteiger partial charge is 0.253 e. The van der Waals surface area contributed by atoms with Gasteiger partial charge >= 0.3 is 0 Å². The quantitative estimate of drug-likeness (QED) is 0.541. The maximum Gasteiger partial charge on any atom is 0.253 e. The van der Waals surface area contributed by atoms with Gasteiger partial charge in [0.15, 0.2) is 7.38 Å². The molecule has 1 aliphatic rings. The molecule has 1 amide bonds. The number of carbonyl (C=O) groups excluding carboxylic acids is 1. The van der Waals surface area contributed by atoms with Crippen LogP contribution in [0.2, 0.25) is 13.1 Å². The molecule has 0 unspecified atom stereocenters. The van der Waals surface area contributed by atoms with Gasteiger partial charge in [0.1, 0.15) is 11.8 Å². The van der Waals surface area contributed by atoms with Gasteiger partial charge in [0.2, 0.25) is 0 Å². The van der Waals surface area contributed by atoms with E-state index in [1.54, 1.807) is 11.8 Å². The Balaban J connectivity index is 2.81. The number of hydrogen-bond acceptors (Lipinski definition) is 2. The zero-order chi connectivity index (χ0) is 11.1. The largest absolute Gasteiger partial charge is 0.343 e. The zero-order valence-corrected chi connectivity index (χ0v) is 11.2. The van der Waals surface area contributed by atoms with Gasteiger partial charge in [-0.3, -0.25) is 4.79 Å². The summed E-state index contributed by atoms with van der Waals surface area (Å²) in [5.41, 5.74) is -0.504. The van der Waals surface area contributed by atoms with Gasteiger partial charge in [-0.15, -0.1) is 0 Å². The van der Waals surface area contributed by atoms with Gasteiger partial charge < -0.3 is 9.64 Å². The van der Waals surface area contributed by atoms with Crippen LogP contribution in [0.25, 0.3) is 0 Å². The highest BCUT2D eigenvalue weighted by Gasteiger charge is 2.45. The molecule has 3 nitrogen and oxygen atoms in total. The lowest BCUT2D eigenvalue weighted by atomic mass is 10.3. The molecule has 0 N–H and O–H groups in total. The van der Waals surface area contributed by atoms with Crippen molar-refractivity contribution in [1.82, 2.24) is 4.90 Å². The lowest BCUT2D eigenvalue weighted by molar-refractivity contribution is -0.130. The number of carbonyl (C=O) groups is 1. The van der Waals surface area contributed by atoms with E-state index < -0.39 is 13.1 Å². The molecule has 0 radical (unpaired) electrons. The van der Waals surface area contributed by atoms with E-state index in [-0.39, 0.29) is 12.0 Å². The standard InChI is InChI=1S/C9H18ClNO2Si/c1-7-8(12)11(6-14(4,5)10)9(2,3)13-7/h7H,6H2,1-5H3/t7-/m0/s1. The molecule has 82 valence electrons. The minimum atomic E-state index is -1.79. The summed E-state index contributed by atoms with van der Waals surface area (Å²) in [6.07, 6.45) is 0.308. The number of ether oxygens (including phenoxy) is 1. The highest BCUT2D eigenvalue weighted by molar-refractivity contribution is 7.19. The third-order valence-electron chi connectivity index (χ3n) is 2.26. The number of amides is 1. The van der Waals surface area contributed by atoms with Crippen LogP contribution in [-0.4, -0.2) is 36.2 Å². The first kappa shape index (κ1) is 12.0. The Morgan fingerprint density at radius 2 is 2.07 bits per heavy atom. The van der Waals surface area contributed by atoms with Crippen LogP contribution in [-0.2, 0) is 9.53 Å². The fraction of sp³-hybridized carbons (Fsp3) is 0.889. The van der Waals surface area contributed by atoms with E-state index >= 15 is 0 Å². The van der Waals surface area contributed by atoms with Gasteiger partial charge in [-0.05, 0) is 20.8 Å². The molecule has 1 aliphatic heterocycles. The van der Waals surface area contributed by atoms with Crippen molar-refractivity contribution in [2.45, 2.75) is 45.7 Å². The molecular formula is C9H18ClNO2Si. The normalized spacial score (nSPS) is 27.1. The first-order valence-electron chi connectivity index (χ1n) is 4.82. The summed E-state index contributed by atoms with van der Waals surface area (Å²) in [5, 5.41) is 0. The Morgan fingerprint density at radius 3 is 2.36 bits per heavy atom. The maximum absolute atomic E-state index is 11.8. The number of rotatable bonds is 2. The average Bonchev–Trinajstić information content (AvgIpc) is 2.10. The summed E-state index contributed by atoms with van der Waals surface area (Å²) in [4.78, 5) is 13.5. The second-order valence-corrected chi connectivity index (χ2v) is 11.7. The summed E-state index contributed by atoms with van der Waals surface area (Å²) in [5.74, 6) is 0.0521. The zero-order valence-electron chi connectivity index (χ0n) is 9.43. The SMILES string of the molecule is C[C@@H]1OC(C)(C)N(C[Si](C)(C)Cl)C1=O. The monoisotopic (exact) mass is 235 g/mol. The molecule has 1 heterocycles. The molecule has 0 saturated carbocycles. The predicted molar refractivity (Wildman–Crippen MR) is 59.7 cm³/mol. The summed E-state index contributed by atoms with van der Waals surface area (Å²) in [7, 11) is -1.79. The van der Waals surface area contributed by atoms with E-state index in [1.807, 2.05) is 26.9 Å². The molecule has 1 fully saturated rings. The van der Waals surface area contributed by atoms with E-state index in [2.05, 4.69) is 0 Å². The fourth-order valence-electron chi connectivity index (χ4n) is 1.68. The molecule has 0 bridgehead atoms. The van der Waals surface area contributed by atoms with Crippen LogP contribution in [0, 0.1) is 0 Å². The van der Waals surface area contributed by atoms with Crippen LogP contribution in [0.3, 0.4) is 0 Å². The van der Waals surface area contributed by atoms with Crippen LogP contribution < -0.4 is 0 Å². The molecule has 0 aromatic heterocycles. The van der Waals surface area contributed by atoms with E-state index in [0.717, 1.165) is 0 Å². The maximum atomic E-state index is 11.8. The van der Waals surface area contributed by atoms with Crippen molar-refractivity contribution >= 4 is 24.4 Å². The van der Waals surface area contributed by atoms with E-state index in [9.17, 15) is 4.79 Å². The first-order chi connectivity index (χ1) is 6.13. The number of hydrogen-bond donors (Lipinski definition) is 0. The average molecular weight is 236 g/mol. The highest BCUT2D eigenvalue weighted by atomic mass is 35.6. The Labute approximate surface area is 91.1 Å². The van der Waals surface area contributed by atoms with Crippen molar-refractivity contribution in [3.8, 4) is 0 Å². The molecule has 1 saturated heterocycles. The Hall–Kier alpha value is -0.0631. The van der Waals surface area contributed by atoms with Gasteiger partial charge in [0.25, 0.3) is 5.91 Å². The highest BCUT2D eigenvalue weighted by Crippen LogP contribution is 2.29. The summed E-state index contributed by atoms with van der Waals surface area (Å²) < 4.78 is 5.56. The predicted octanol–water partition coefficient (Wildman–Crippen LogP) is 1.95. The molecule has 1 rings (SSSR count). The summed E-state index contributed by atoms with van der Waals surface area (Å²) >= 11 is 6.24. The van der Waals surface area contributed by atoms with Gasteiger partial charge in [-0.25, -0.2) is 0 Å². The summed E-state index contributed by atoms with van der Waals surface area (Å²) in [6, 6.07) is 0. The van der Waals surface area contributed by atoms with E-state index in [0.29, 0.717) is 6.17 Å². The Morgan fingerprint density at radius 1 is 1.57 bits per heavy atom. The molecule has 5 heteroatoms. The van der Waals surface area contributed by atoms with Crippen molar-refractivity contribution in [1.29, 1.82) is 0 Å². The minimum Gasteiger partial charge on any atom is -0.343 e. The second kappa shape index (κ2) is 3.50. The van der Waals surface area contributed by atoms with Gasteiger partial charge in [0, 0.05) is 6.17 Å². The molecule has 1 atom stereocenters. The van der Waals surface area contributed by atoms with Gasteiger partial charge in [-0.1, -0.05) is 13.1 Å². The van der Waals surface area contributed by atoms with Crippen molar-refractivity contribution < 1.29 is 9.53 Å². The lowest BCUT2D eigenvalue weighted by Gasteiger charge is -2.33. The van der Waals surface area contributed by atoms with Crippen LogP contribution in [0.5, 0.6) is 0 Å². The van der Waals surface area contributed by atoms with E-state index in [1.165, 1.54) is 0 Å². The first-order valence-corrected chi connectivity index (χ1v) is 9.03. The third-order valence-corrected chi connectivity index (χ3v) is 3.69.